The van der Waals surface area contributed by atoms with Crippen LogP contribution < -0.4 is 0 Å². The summed E-state index contributed by atoms with van der Waals surface area (Å²) in [7, 11) is 3.87. The van der Waals surface area contributed by atoms with E-state index in [0.717, 1.165) is 73.6 Å². The molecule has 14 heteroatoms. The highest BCUT2D eigenvalue weighted by molar-refractivity contribution is 6.03. The number of esters is 1. The van der Waals surface area contributed by atoms with Crippen molar-refractivity contribution in [1.82, 2.24) is 9.80 Å². The van der Waals surface area contributed by atoms with Gasteiger partial charge in [-0.15, -0.1) is 0 Å². The van der Waals surface area contributed by atoms with Gasteiger partial charge < -0.3 is 30.3 Å². The molecule has 0 fully saturated rings. The summed E-state index contributed by atoms with van der Waals surface area (Å²) >= 11 is 0. The van der Waals surface area contributed by atoms with Crippen LogP contribution in [-0.4, -0.2) is 126 Å². The van der Waals surface area contributed by atoms with Crippen LogP contribution in [0.4, 0.5) is 0 Å². The van der Waals surface area contributed by atoms with Gasteiger partial charge in [-0.25, -0.2) is 0 Å². The summed E-state index contributed by atoms with van der Waals surface area (Å²) in [5.41, 5.74) is -1.73. The maximum atomic E-state index is 13.9. The number of carbonyl (C=O) groups is 6. The lowest BCUT2D eigenvalue weighted by Crippen LogP contribution is -2.38. The third-order valence-corrected chi connectivity index (χ3v) is 14.7. The molecule has 0 aliphatic heterocycles. The molecule has 80 heavy (non-hydrogen) atoms. The summed E-state index contributed by atoms with van der Waals surface area (Å²) in [6.07, 6.45) is 15.0. The molecule has 0 bridgehead atoms. The van der Waals surface area contributed by atoms with Crippen molar-refractivity contribution in [2.24, 2.45) is 0 Å². The fourth-order valence-electron chi connectivity index (χ4n) is 10.1. The molecule has 0 aliphatic carbocycles. The van der Waals surface area contributed by atoms with E-state index in [0.29, 0.717) is 41.6 Å². The number of hydrogen-bond acceptors (Lipinski definition) is 13. The van der Waals surface area contributed by atoms with Gasteiger partial charge in [0.15, 0.2) is 23.1 Å². The lowest BCUT2D eigenvalue weighted by molar-refractivity contribution is -0.150. The van der Waals surface area contributed by atoms with Crippen molar-refractivity contribution in [3.05, 3.63) is 142 Å². The highest BCUT2D eigenvalue weighted by atomic mass is 16.5. The number of nitrogens with zero attached hydrogens (tertiary/aromatic N) is 2. The average molecular weight is 1110 g/mol. The molecule has 14 nitrogen and oxygen atoms in total. The molecular formula is C66H92N2O12. The Balaban J connectivity index is 1.59. The van der Waals surface area contributed by atoms with Crippen molar-refractivity contribution in [2.75, 3.05) is 27.2 Å². The molecule has 0 spiro atoms. The second-order valence-corrected chi connectivity index (χ2v) is 24.0. The van der Waals surface area contributed by atoms with Crippen molar-refractivity contribution in [1.29, 1.82) is 0 Å². The molecule has 0 aliphatic rings. The highest BCUT2D eigenvalue weighted by Gasteiger charge is 2.32. The Kier molecular flexibility index (Phi) is 25.8. The van der Waals surface area contributed by atoms with Gasteiger partial charge in [0, 0.05) is 48.2 Å². The SMILES string of the molecule is CN(CCC(CN(C)C(c1ccc(C(=O)C(C)(C)O)cc1)c1ccc(C(=O)C(C)(C)O)cc1)OC(=O)CCCCCCCCCCCCCCCCC(=O)O)C(c1ccc(C(=O)C(C)(C)O)cc1)c1ccc(C(=O)C(C)(C)O)cc1. The van der Waals surface area contributed by atoms with E-state index < -0.39 is 69.7 Å². The Morgan fingerprint density at radius 2 is 0.650 bits per heavy atom. The van der Waals surface area contributed by atoms with Gasteiger partial charge in [-0.2, -0.15) is 0 Å². The van der Waals surface area contributed by atoms with Crippen molar-refractivity contribution in [2.45, 2.75) is 205 Å². The van der Waals surface area contributed by atoms with Gasteiger partial charge >= 0.3 is 11.9 Å². The molecular weight excluding hydrogens is 1010 g/mol. The van der Waals surface area contributed by atoms with Crippen molar-refractivity contribution < 1.29 is 59.0 Å². The molecule has 5 N–H and O–H groups in total. The number of ether oxygens (including phenoxy) is 1. The molecule has 1 unspecified atom stereocenters. The molecule has 0 amide bonds. The number of likely N-dealkylation sites (N-methyl/N-ethyl adjacent to an activating group) is 1. The van der Waals surface area contributed by atoms with Gasteiger partial charge in [0.25, 0.3) is 0 Å². The fraction of sp³-hybridized carbons (Fsp3) is 0.545. The van der Waals surface area contributed by atoms with Crippen LogP contribution in [0.25, 0.3) is 0 Å². The highest BCUT2D eigenvalue weighted by Crippen LogP contribution is 2.33. The van der Waals surface area contributed by atoms with E-state index in [2.05, 4.69) is 9.80 Å². The number of ketones is 4. The minimum atomic E-state index is -1.59. The number of Topliss-reactive ketones (excluding diaryl/α,β-unsaturated/α-hetero) is 4. The van der Waals surface area contributed by atoms with E-state index in [4.69, 9.17) is 9.84 Å². The number of carboxylic acid groups (broad SMARTS) is 1. The topological polar surface area (TPSA) is 219 Å². The minimum Gasteiger partial charge on any atom is -0.481 e. The summed E-state index contributed by atoms with van der Waals surface area (Å²) < 4.78 is 6.44. The van der Waals surface area contributed by atoms with E-state index in [1.807, 2.05) is 62.6 Å². The van der Waals surface area contributed by atoms with E-state index in [1.54, 1.807) is 48.5 Å². The number of hydrogen-bond donors (Lipinski definition) is 5. The van der Waals surface area contributed by atoms with Gasteiger partial charge in [0.2, 0.25) is 0 Å². The largest absolute Gasteiger partial charge is 0.481 e. The van der Waals surface area contributed by atoms with E-state index in [1.165, 1.54) is 87.5 Å². The fourth-order valence-corrected chi connectivity index (χ4v) is 10.1. The Morgan fingerprint density at radius 3 is 0.912 bits per heavy atom. The zero-order valence-electron chi connectivity index (χ0n) is 49.4. The molecule has 0 aromatic heterocycles. The zero-order chi connectivity index (χ0) is 59.4. The molecule has 1 atom stereocenters. The van der Waals surface area contributed by atoms with Gasteiger partial charge in [-0.3, -0.25) is 38.6 Å². The summed E-state index contributed by atoms with van der Waals surface area (Å²) in [6.45, 7) is 12.2. The zero-order valence-corrected chi connectivity index (χ0v) is 49.4. The molecule has 0 saturated carbocycles. The first-order valence-electron chi connectivity index (χ1n) is 28.8. The minimum absolute atomic E-state index is 0.247. The van der Waals surface area contributed by atoms with Crippen LogP contribution in [0.15, 0.2) is 97.1 Å². The van der Waals surface area contributed by atoms with Crippen LogP contribution in [0.1, 0.15) is 240 Å². The lowest BCUT2D eigenvalue weighted by Gasteiger charge is -2.34. The summed E-state index contributed by atoms with van der Waals surface area (Å²) in [5.74, 6) is -2.76. The van der Waals surface area contributed by atoms with E-state index in [9.17, 15) is 49.2 Å². The Hall–Kier alpha value is -5.74. The van der Waals surface area contributed by atoms with Crippen LogP contribution in [0.5, 0.6) is 0 Å². The molecule has 4 aromatic rings. The summed E-state index contributed by atoms with van der Waals surface area (Å²) in [4.78, 5) is 81.2. The third kappa shape index (κ3) is 21.6. The van der Waals surface area contributed by atoms with Gasteiger partial charge in [0.05, 0.1) is 12.1 Å². The average Bonchev–Trinajstić information content (AvgIpc) is 3.49. The molecule has 4 aromatic carbocycles. The van der Waals surface area contributed by atoms with Crippen LogP contribution in [0.3, 0.4) is 0 Å². The van der Waals surface area contributed by atoms with E-state index >= 15 is 0 Å². The first-order valence-corrected chi connectivity index (χ1v) is 28.8. The smallest absolute Gasteiger partial charge is 0.306 e. The van der Waals surface area contributed by atoms with Crippen molar-refractivity contribution in [3.8, 4) is 0 Å². The Morgan fingerprint density at radius 1 is 0.400 bits per heavy atom. The summed E-state index contributed by atoms with van der Waals surface area (Å²) in [5, 5.41) is 50.9. The van der Waals surface area contributed by atoms with Crippen molar-refractivity contribution >= 4 is 35.1 Å². The van der Waals surface area contributed by atoms with E-state index in [-0.39, 0.29) is 25.4 Å². The first kappa shape index (κ1) is 66.8. The first-order chi connectivity index (χ1) is 37.5. The predicted molar refractivity (Wildman–Crippen MR) is 313 cm³/mol. The van der Waals surface area contributed by atoms with Gasteiger partial charge in [0.1, 0.15) is 28.5 Å². The van der Waals surface area contributed by atoms with Gasteiger partial charge in [-0.1, -0.05) is 174 Å². The number of aliphatic hydroxyl groups is 4. The lowest BCUT2D eigenvalue weighted by atomic mass is 9.90. The maximum Gasteiger partial charge on any atom is 0.306 e. The number of rotatable bonds is 37. The number of benzene rings is 4. The number of unbranched alkanes of at least 4 members (excludes halogenated alkanes) is 13. The number of carbonyl (C=O) groups excluding carboxylic acids is 5. The number of aliphatic carboxylic acids is 1. The second-order valence-electron chi connectivity index (χ2n) is 24.0. The number of carboxylic acids is 1. The second kappa shape index (κ2) is 30.9. The van der Waals surface area contributed by atoms with Crippen LogP contribution in [0.2, 0.25) is 0 Å². The normalized spacial score (nSPS) is 12.8. The Bertz CT molecular complexity index is 2460. The molecule has 0 saturated heterocycles. The molecule has 0 radical (unpaired) electrons. The molecule has 0 heterocycles. The monoisotopic (exact) mass is 1100 g/mol. The standard InChI is InChI=1S/C66H92N2O12/c1-63(2,76)59(72)50-35-27-46(28-36-50)57(47-29-37-51(38-30-47)60(73)64(3,4)77)67(9)44-43-54(80-56(71)26-24-22-20-18-16-14-12-11-13-15-17-19-21-23-25-55(69)70)45-68(10)58(48-31-39-52(40-32-48)61(74)65(5,6)78)49-33-41-53(42-34-49)62(75)66(7,8)79/h27-42,54,57-58,76-79H,11-26,43-45H2,1-10H3,(H,69,70). The molecule has 4 rings (SSSR count). The van der Waals surface area contributed by atoms with Crippen molar-refractivity contribution in [3.63, 3.8) is 0 Å². The van der Waals surface area contributed by atoms with Crippen LogP contribution in [0, 0.1) is 0 Å². The quantitative estimate of drug-likeness (QED) is 0.0161. The predicted octanol–water partition coefficient (Wildman–Crippen LogP) is 11.9. The maximum absolute atomic E-state index is 13.9. The third-order valence-electron chi connectivity index (χ3n) is 14.7. The summed E-state index contributed by atoms with van der Waals surface area (Å²) in [6, 6.07) is 27.2. The Labute approximate surface area is 476 Å². The van der Waals surface area contributed by atoms with Gasteiger partial charge in [-0.05, 0) is 111 Å². The van der Waals surface area contributed by atoms with Crippen LogP contribution >= 0.6 is 0 Å². The molecule has 438 valence electrons. The van der Waals surface area contributed by atoms with Crippen LogP contribution in [-0.2, 0) is 14.3 Å².